The molecule has 0 atom stereocenters. The zero-order chi connectivity index (χ0) is 14.2. The molecule has 2 aromatic rings. The molecular weight excluding hydrogens is 263 g/mol. The van der Waals surface area contributed by atoms with E-state index in [1.54, 1.807) is 24.3 Å². The van der Waals surface area contributed by atoms with Crippen LogP contribution in [0.25, 0.3) is 0 Å². The summed E-state index contributed by atoms with van der Waals surface area (Å²) >= 11 is 0. The van der Waals surface area contributed by atoms with E-state index in [-0.39, 0.29) is 24.9 Å². The summed E-state index contributed by atoms with van der Waals surface area (Å²) in [7, 11) is 0. The van der Waals surface area contributed by atoms with E-state index >= 15 is 0 Å². The second kappa shape index (κ2) is 7.18. The first-order valence-corrected chi connectivity index (χ1v) is 6.17. The van der Waals surface area contributed by atoms with E-state index in [0.29, 0.717) is 12.3 Å². The van der Waals surface area contributed by atoms with Crippen molar-refractivity contribution in [1.82, 2.24) is 10.6 Å². The number of ether oxygens (including phenoxy) is 1. The Bertz CT molecular complexity index is 543. The van der Waals surface area contributed by atoms with Gasteiger partial charge in [-0.3, -0.25) is 0 Å². The van der Waals surface area contributed by atoms with Crippen LogP contribution in [0.15, 0.2) is 47.1 Å². The number of halogens is 1. The number of carbonyl (C=O) groups excluding carboxylic acids is 1. The molecule has 1 aromatic carbocycles. The second-order valence-corrected chi connectivity index (χ2v) is 3.97. The van der Waals surface area contributed by atoms with Gasteiger partial charge < -0.3 is 19.8 Å². The van der Waals surface area contributed by atoms with Crippen LogP contribution in [0.4, 0.5) is 9.18 Å². The Morgan fingerprint density at radius 2 is 2.05 bits per heavy atom. The quantitative estimate of drug-likeness (QED) is 0.797. The molecule has 106 valence electrons. The van der Waals surface area contributed by atoms with Crippen molar-refractivity contribution >= 4 is 6.03 Å². The van der Waals surface area contributed by atoms with Crippen molar-refractivity contribution in [1.29, 1.82) is 0 Å². The Kier molecular flexibility index (Phi) is 5.00. The molecule has 0 radical (unpaired) electrons. The number of rotatable bonds is 6. The Morgan fingerprint density at radius 1 is 1.20 bits per heavy atom. The highest BCUT2D eigenvalue weighted by Crippen LogP contribution is 2.14. The SMILES string of the molecule is O=C(NCCOc1ccccc1F)NCc1ccco1. The van der Waals surface area contributed by atoms with Crippen LogP contribution in [0.5, 0.6) is 5.75 Å². The molecule has 1 heterocycles. The van der Waals surface area contributed by atoms with Gasteiger partial charge in [0.1, 0.15) is 12.4 Å². The smallest absolute Gasteiger partial charge is 0.315 e. The molecule has 6 heteroatoms. The molecule has 0 aliphatic carbocycles. The Morgan fingerprint density at radius 3 is 2.80 bits per heavy atom. The number of benzene rings is 1. The van der Waals surface area contributed by atoms with Gasteiger partial charge in [0.15, 0.2) is 11.6 Å². The minimum Gasteiger partial charge on any atom is -0.489 e. The van der Waals surface area contributed by atoms with Gasteiger partial charge in [-0.1, -0.05) is 12.1 Å². The first kappa shape index (κ1) is 13.9. The first-order chi connectivity index (χ1) is 9.75. The number of para-hydroxylation sites is 1. The maximum atomic E-state index is 13.2. The first-order valence-electron chi connectivity index (χ1n) is 6.17. The van der Waals surface area contributed by atoms with E-state index in [2.05, 4.69) is 10.6 Å². The van der Waals surface area contributed by atoms with Crippen LogP contribution in [0.2, 0.25) is 0 Å². The molecule has 5 nitrogen and oxygen atoms in total. The van der Waals surface area contributed by atoms with Crippen LogP contribution in [0.3, 0.4) is 0 Å². The predicted molar refractivity (Wildman–Crippen MR) is 70.8 cm³/mol. The molecule has 2 rings (SSSR count). The third-order valence-electron chi connectivity index (χ3n) is 2.49. The van der Waals surface area contributed by atoms with Crippen molar-refractivity contribution in [2.45, 2.75) is 6.54 Å². The highest BCUT2D eigenvalue weighted by Gasteiger charge is 2.03. The summed E-state index contributed by atoms with van der Waals surface area (Å²) < 4.78 is 23.5. The van der Waals surface area contributed by atoms with E-state index < -0.39 is 5.82 Å². The van der Waals surface area contributed by atoms with E-state index in [1.807, 2.05) is 0 Å². The summed E-state index contributed by atoms with van der Waals surface area (Å²) in [5.74, 6) is 0.419. The lowest BCUT2D eigenvalue weighted by Crippen LogP contribution is -2.37. The molecule has 0 aliphatic rings. The maximum absolute atomic E-state index is 13.2. The molecule has 20 heavy (non-hydrogen) atoms. The summed E-state index contributed by atoms with van der Waals surface area (Å²) in [5, 5.41) is 5.22. The lowest BCUT2D eigenvalue weighted by molar-refractivity contribution is 0.234. The van der Waals surface area contributed by atoms with Gasteiger partial charge >= 0.3 is 6.03 Å². The Labute approximate surface area is 115 Å². The molecule has 1 aromatic heterocycles. The van der Waals surface area contributed by atoms with E-state index in [1.165, 1.54) is 18.4 Å². The number of amides is 2. The predicted octanol–water partition coefficient (Wildman–Crippen LogP) is 2.30. The molecule has 0 saturated carbocycles. The summed E-state index contributed by atoms with van der Waals surface area (Å²) in [6, 6.07) is 9.30. The number of furan rings is 1. The summed E-state index contributed by atoms with van der Waals surface area (Å²) in [4.78, 5) is 11.4. The van der Waals surface area contributed by atoms with Gasteiger partial charge in [0.25, 0.3) is 0 Å². The van der Waals surface area contributed by atoms with Gasteiger partial charge in [0.05, 0.1) is 19.4 Å². The van der Waals surface area contributed by atoms with Crippen molar-refractivity contribution in [2.24, 2.45) is 0 Å². The van der Waals surface area contributed by atoms with E-state index in [4.69, 9.17) is 9.15 Å². The van der Waals surface area contributed by atoms with Crippen molar-refractivity contribution in [2.75, 3.05) is 13.2 Å². The third kappa shape index (κ3) is 4.31. The van der Waals surface area contributed by atoms with Crippen LogP contribution in [0.1, 0.15) is 5.76 Å². The number of hydrogen-bond donors (Lipinski definition) is 2. The zero-order valence-corrected chi connectivity index (χ0v) is 10.8. The molecule has 0 saturated heterocycles. The molecule has 0 bridgehead atoms. The standard InChI is InChI=1S/C14H15FN2O3/c15-12-5-1-2-6-13(12)20-9-7-16-14(18)17-10-11-4-3-8-19-11/h1-6,8H,7,9-10H2,(H2,16,17,18). The Hall–Kier alpha value is -2.50. The lowest BCUT2D eigenvalue weighted by atomic mass is 10.3. The van der Waals surface area contributed by atoms with Crippen LogP contribution in [-0.4, -0.2) is 19.2 Å². The minimum absolute atomic E-state index is 0.172. The average molecular weight is 278 g/mol. The number of hydrogen-bond acceptors (Lipinski definition) is 3. The lowest BCUT2D eigenvalue weighted by Gasteiger charge is -2.08. The van der Waals surface area contributed by atoms with Crippen molar-refractivity contribution in [3.05, 3.63) is 54.2 Å². The number of urea groups is 1. The molecule has 0 aliphatic heterocycles. The van der Waals surface area contributed by atoms with Gasteiger partial charge in [0, 0.05) is 0 Å². The van der Waals surface area contributed by atoms with Crippen LogP contribution < -0.4 is 15.4 Å². The molecule has 2 amide bonds. The van der Waals surface area contributed by atoms with E-state index in [0.717, 1.165) is 0 Å². The highest BCUT2D eigenvalue weighted by molar-refractivity contribution is 5.73. The summed E-state index contributed by atoms with van der Waals surface area (Å²) in [6.07, 6.45) is 1.54. The molecule has 2 N–H and O–H groups in total. The van der Waals surface area contributed by atoms with Crippen molar-refractivity contribution < 1.29 is 18.3 Å². The number of carbonyl (C=O) groups is 1. The monoisotopic (exact) mass is 278 g/mol. The van der Waals surface area contributed by atoms with Crippen LogP contribution >= 0.6 is 0 Å². The molecule has 0 unspecified atom stereocenters. The van der Waals surface area contributed by atoms with Crippen LogP contribution in [0, 0.1) is 5.82 Å². The average Bonchev–Trinajstić information content (AvgIpc) is 2.96. The third-order valence-corrected chi connectivity index (χ3v) is 2.49. The number of nitrogens with one attached hydrogen (secondary N) is 2. The molecule has 0 fully saturated rings. The fourth-order valence-corrected chi connectivity index (χ4v) is 1.53. The van der Waals surface area contributed by atoms with Gasteiger partial charge in [-0.15, -0.1) is 0 Å². The topological polar surface area (TPSA) is 63.5 Å². The fourth-order valence-electron chi connectivity index (χ4n) is 1.53. The zero-order valence-electron chi connectivity index (χ0n) is 10.8. The van der Waals surface area contributed by atoms with Crippen molar-refractivity contribution in [3.63, 3.8) is 0 Å². The second-order valence-electron chi connectivity index (χ2n) is 3.97. The summed E-state index contributed by atoms with van der Waals surface area (Å²) in [5.41, 5.74) is 0. The minimum atomic E-state index is -0.422. The van der Waals surface area contributed by atoms with Crippen LogP contribution in [-0.2, 0) is 6.54 Å². The molecular formula is C14H15FN2O3. The molecule has 0 spiro atoms. The highest BCUT2D eigenvalue weighted by atomic mass is 19.1. The maximum Gasteiger partial charge on any atom is 0.315 e. The largest absolute Gasteiger partial charge is 0.489 e. The van der Waals surface area contributed by atoms with Gasteiger partial charge in [-0.25, -0.2) is 9.18 Å². The summed E-state index contributed by atoms with van der Waals surface area (Å²) in [6.45, 7) is 0.778. The Balaban J connectivity index is 1.61. The van der Waals surface area contributed by atoms with Gasteiger partial charge in [0.2, 0.25) is 0 Å². The van der Waals surface area contributed by atoms with Gasteiger partial charge in [-0.2, -0.15) is 0 Å². The van der Waals surface area contributed by atoms with E-state index in [9.17, 15) is 9.18 Å². The fraction of sp³-hybridized carbons (Fsp3) is 0.214. The normalized spacial score (nSPS) is 10.1. The van der Waals surface area contributed by atoms with Gasteiger partial charge in [-0.05, 0) is 24.3 Å². The van der Waals surface area contributed by atoms with Crippen molar-refractivity contribution in [3.8, 4) is 5.75 Å².